The lowest BCUT2D eigenvalue weighted by Crippen LogP contribution is -2.32. The molecule has 0 aromatic heterocycles. The molecule has 0 saturated heterocycles. The average Bonchev–Trinajstić information content (AvgIpc) is 2.30. The number of carbonyl (C=O) groups excluding carboxylic acids is 1. The predicted molar refractivity (Wildman–Crippen MR) is 67.3 cm³/mol. The van der Waals surface area contributed by atoms with Crippen molar-refractivity contribution in [1.82, 2.24) is 5.32 Å². The van der Waals surface area contributed by atoms with Crippen LogP contribution < -0.4 is 11.1 Å². The van der Waals surface area contributed by atoms with Gasteiger partial charge in [0, 0.05) is 11.6 Å². The minimum Gasteiger partial charge on any atom is -0.396 e. The molecule has 1 aromatic rings. The van der Waals surface area contributed by atoms with Crippen LogP contribution in [0.5, 0.6) is 0 Å². The summed E-state index contributed by atoms with van der Waals surface area (Å²) in [5.41, 5.74) is 5.81. The van der Waals surface area contributed by atoms with Crippen LogP contribution in [0.3, 0.4) is 0 Å². The standard InChI is InChI=1S/C13H19FN2O/c1-3-4-5-9(2)16-13(17)10-6-7-11(14)12(15)8-10/h6-9H,3-5,15H2,1-2H3,(H,16,17). The lowest BCUT2D eigenvalue weighted by atomic mass is 10.1. The van der Waals surface area contributed by atoms with Crippen LogP contribution in [0.1, 0.15) is 43.5 Å². The molecule has 1 aromatic carbocycles. The van der Waals surface area contributed by atoms with E-state index in [1.807, 2.05) is 6.92 Å². The maximum absolute atomic E-state index is 12.9. The Labute approximate surface area is 101 Å². The van der Waals surface area contributed by atoms with Gasteiger partial charge in [-0.3, -0.25) is 4.79 Å². The highest BCUT2D eigenvalue weighted by atomic mass is 19.1. The highest BCUT2D eigenvalue weighted by Gasteiger charge is 2.10. The number of nitrogens with two attached hydrogens (primary N) is 1. The Kier molecular flexibility index (Phi) is 4.94. The predicted octanol–water partition coefficient (Wildman–Crippen LogP) is 2.72. The fourth-order valence-electron chi connectivity index (χ4n) is 1.57. The van der Waals surface area contributed by atoms with Crippen molar-refractivity contribution in [3.8, 4) is 0 Å². The molecule has 0 bridgehead atoms. The third kappa shape index (κ3) is 4.06. The van der Waals surface area contributed by atoms with Gasteiger partial charge in [0.25, 0.3) is 5.91 Å². The zero-order valence-electron chi connectivity index (χ0n) is 10.3. The fourth-order valence-corrected chi connectivity index (χ4v) is 1.57. The van der Waals surface area contributed by atoms with Crippen molar-refractivity contribution >= 4 is 11.6 Å². The molecule has 0 radical (unpaired) electrons. The van der Waals surface area contributed by atoms with Crippen LogP contribution in [0, 0.1) is 5.82 Å². The molecule has 3 nitrogen and oxygen atoms in total. The van der Waals surface area contributed by atoms with Crippen molar-refractivity contribution in [1.29, 1.82) is 0 Å². The number of carbonyl (C=O) groups is 1. The van der Waals surface area contributed by atoms with E-state index in [1.54, 1.807) is 0 Å². The van der Waals surface area contributed by atoms with Gasteiger partial charge in [-0.1, -0.05) is 19.8 Å². The van der Waals surface area contributed by atoms with E-state index in [9.17, 15) is 9.18 Å². The Morgan fingerprint density at radius 3 is 2.82 bits per heavy atom. The van der Waals surface area contributed by atoms with Gasteiger partial charge in [-0.15, -0.1) is 0 Å². The topological polar surface area (TPSA) is 55.1 Å². The second kappa shape index (κ2) is 6.23. The first-order chi connectivity index (χ1) is 8.04. The van der Waals surface area contributed by atoms with E-state index in [2.05, 4.69) is 12.2 Å². The quantitative estimate of drug-likeness (QED) is 0.775. The molecule has 3 N–H and O–H groups in total. The van der Waals surface area contributed by atoms with Gasteiger partial charge in [-0.2, -0.15) is 0 Å². The Hall–Kier alpha value is -1.58. The number of anilines is 1. The Morgan fingerprint density at radius 2 is 2.24 bits per heavy atom. The molecular formula is C13H19FN2O. The summed E-state index contributed by atoms with van der Waals surface area (Å²) in [5.74, 6) is -0.708. The number of nitrogen functional groups attached to an aromatic ring is 1. The first-order valence-corrected chi connectivity index (χ1v) is 5.90. The summed E-state index contributed by atoms with van der Waals surface area (Å²) in [6, 6.07) is 4.12. The SMILES string of the molecule is CCCCC(C)NC(=O)c1ccc(F)c(N)c1. The number of nitrogens with one attached hydrogen (secondary N) is 1. The minimum absolute atomic E-state index is 0.00105. The summed E-state index contributed by atoms with van der Waals surface area (Å²) < 4.78 is 12.9. The molecule has 1 rings (SSSR count). The van der Waals surface area contributed by atoms with Crippen LogP contribution in [0.4, 0.5) is 10.1 Å². The Bertz CT molecular complexity index is 393. The van der Waals surface area contributed by atoms with Crippen molar-refractivity contribution in [2.45, 2.75) is 39.2 Å². The summed E-state index contributed by atoms with van der Waals surface area (Å²) in [6.45, 7) is 4.07. The third-order valence-corrected chi connectivity index (χ3v) is 2.63. The van der Waals surface area contributed by atoms with Gasteiger partial charge in [-0.05, 0) is 31.5 Å². The lowest BCUT2D eigenvalue weighted by molar-refractivity contribution is 0.0938. The van der Waals surface area contributed by atoms with Gasteiger partial charge in [0.15, 0.2) is 0 Å². The van der Waals surface area contributed by atoms with Crippen molar-refractivity contribution in [3.63, 3.8) is 0 Å². The lowest BCUT2D eigenvalue weighted by Gasteiger charge is -2.13. The van der Waals surface area contributed by atoms with Crippen molar-refractivity contribution in [2.75, 3.05) is 5.73 Å². The second-order valence-corrected chi connectivity index (χ2v) is 4.25. The molecule has 1 amide bonds. The number of rotatable bonds is 5. The van der Waals surface area contributed by atoms with Gasteiger partial charge in [-0.25, -0.2) is 4.39 Å². The van der Waals surface area contributed by atoms with Gasteiger partial charge < -0.3 is 11.1 Å². The fraction of sp³-hybridized carbons (Fsp3) is 0.462. The van der Waals surface area contributed by atoms with Crippen molar-refractivity contribution < 1.29 is 9.18 Å². The molecule has 0 aliphatic carbocycles. The second-order valence-electron chi connectivity index (χ2n) is 4.25. The van der Waals surface area contributed by atoms with Crippen LogP contribution in [0.25, 0.3) is 0 Å². The molecule has 94 valence electrons. The maximum atomic E-state index is 12.9. The number of hydrogen-bond donors (Lipinski definition) is 2. The molecule has 4 heteroatoms. The first kappa shape index (κ1) is 13.5. The van der Waals surface area contributed by atoms with Gasteiger partial charge in [0.1, 0.15) is 5.82 Å². The normalized spacial score (nSPS) is 12.2. The molecule has 0 aliphatic heterocycles. The molecule has 1 atom stereocenters. The largest absolute Gasteiger partial charge is 0.396 e. The van der Waals surface area contributed by atoms with Crippen LogP contribution in [0.15, 0.2) is 18.2 Å². The molecule has 0 fully saturated rings. The molecule has 0 heterocycles. The number of amides is 1. The number of halogens is 1. The summed E-state index contributed by atoms with van der Waals surface area (Å²) >= 11 is 0. The number of unbranched alkanes of at least 4 members (excludes halogenated alkanes) is 1. The molecule has 1 unspecified atom stereocenters. The van der Waals surface area contributed by atoms with E-state index >= 15 is 0 Å². The maximum Gasteiger partial charge on any atom is 0.251 e. The summed E-state index contributed by atoms with van der Waals surface area (Å²) in [7, 11) is 0. The molecule has 0 saturated carbocycles. The van der Waals surface area contributed by atoms with E-state index < -0.39 is 5.82 Å². The highest BCUT2D eigenvalue weighted by molar-refractivity contribution is 5.95. The van der Waals surface area contributed by atoms with Crippen molar-refractivity contribution in [3.05, 3.63) is 29.6 Å². The van der Waals surface area contributed by atoms with Crippen molar-refractivity contribution in [2.24, 2.45) is 0 Å². The van der Waals surface area contributed by atoms with E-state index in [4.69, 9.17) is 5.73 Å². The van der Waals surface area contributed by atoms with Gasteiger partial charge >= 0.3 is 0 Å². The highest BCUT2D eigenvalue weighted by Crippen LogP contribution is 2.12. The van der Waals surface area contributed by atoms with Crippen LogP contribution in [-0.4, -0.2) is 11.9 Å². The summed E-state index contributed by atoms with van der Waals surface area (Å²) in [5, 5.41) is 2.86. The Balaban J connectivity index is 2.60. The monoisotopic (exact) mass is 238 g/mol. The first-order valence-electron chi connectivity index (χ1n) is 5.90. The molecule has 0 spiro atoms. The average molecular weight is 238 g/mol. The number of hydrogen-bond acceptors (Lipinski definition) is 2. The van der Waals surface area contributed by atoms with Gasteiger partial charge in [0.2, 0.25) is 0 Å². The smallest absolute Gasteiger partial charge is 0.251 e. The zero-order chi connectivity index (χ0) is 12.8. The minimum atomic E-state index is -0.499. The van der Waals surface area contributed by atoms with E-state index in [1.165, 1.54) is 18.2 Å². The van der Waals surface area contributed by atoms with E-state index in [0.717, 1.165) is 19.3 Å². The Morgan fingerprint density at radius 1 is 1.53 bits per heavy atom. The van der Waals surface area contributed by atoms with Gasteiger partial charge in [0.05, 0.1) is 5.69 Å². The van der Waals surface area contributed by atoms with E-state index in [-0.39, 0.29) is 17.6 Å². The van der Waals surface area contributed by atoms with Crippen LogP contribution in [0.2, 0.25) is 0 Å². The third-order valence-electron chi connectivity index (χ3n) is 2.63. The molecule has 0 aliphatic rings. The number of benzene rings is 1. The summed E-state index contributed by atoms with van der Waals surface area (Å²) in [4.78, 5) is 11.8. The molecule has 17 heavy (non-hydrogen) atoms. The van der Waals surface area contributed by atoms with Crippen LogP contribution in [-0.2, 0) is 0 Å². The molecular weight excluding hydrogens is 219 g/mol. The zero-order valence-corrected chi connectivity index (χ0v) is 10.3. The van der Waals surface area contributed by atoms with E-state index in [0.29, 0.717) is 5.56 Å². The summed E-state index contributed by atoms with van der Waals surface area (Å²) in [6.07, 6.45) is 3.12. The van der Waals surface area contributed by atoms with Crippen LogP contribution >= 0.6 is 0 Å².